The van der Waals surface area contributed by atoms with Crippen molar-refractivity contribution in [3.63, 3.8) is 0 Å². The Balaban J connectivity index is 2.57. The summed E-state index contributed by atoms with van der Waals surface area (Å²) in [5.41, 5.74) is -1.34. The molecule has 28 heavy (non-hydrogen) atoms. The SMILES string of the molecule is CCCCc1cn(C(C)(C)C(F)(F)F)sc1=NC(=O)c1cc(Cl)ccc1OC. The highest BCUT2D eigenvalue weighted by molar-refractivity contribution is 7.04. The lowest BCUT2D eigenvalue weighted by molar-refractivity contribution is -0.199. The molecule has 0 radical (unpaired) electrons. The van der Waals surface area contributed by atoms with E-state index in [1.54, 1.807) is 12.1 Å². The normalized spacial score (nSPS) is 13.1. The molecule has 1 aromatic carbocycles. The number of alkyl halides is 3. The fourth-order valence-corrected chi connectivity index (χ4v) is 3.67. The van der Waals surface area contributed by atoms with Crippen molar-refractivity contribution in [2.45, 2.75) is 51.7 Å². The summed E-state index contributed by atoms with van der Waals surface area (Å²) in [4.78, 5) is 16.8. The number of nitrogens with zero attached hydrogens (tertiary/aromatic N) is 2. The Morgan fingerprint density at radius 1 is 1.32 bits per heavy atom. The zero-order chi connectivity index (χ0) is 21.1. The number of benzene rings is 1. The maximum absolute atomic E-state index is 13.4. The molecule has 0 N–H and O–H groups in total. The van der Waals surface area contributed by atoms with Crippen LogP contribution < -0.4 is 9.41 Å². The third kappa shape index (κ3) is 4.78. The van der Waals surface area contributed by atoms with E-state index in [1.807, 2.05) is 6.92 Å². The second-order valence-electron chi connectivity index (χ2n) is 6.80. The van der Waals surface area contributed by atoms with Gasteiger partial charge < -0.3 is 4.74 Å². The molecule has 0 unspecified atom stereocenters. The molecule has 0 atom stereocenters. The number of halogens is 4. The summed E-state index contributed by atoms with van der Waals surface area (Å²) in [6, 6.07) is 4.55. The molecule has 4 nitrogen and oxygen atoms in total. The Hall–Kier alpha value is -1.80. The lowest BCUT2D eigenvalue weighted by atomic mass is 10.1. The number of methoxy groups -OCH3 is 1. The fourth-order valence-electron chi connectivity index (χ4n) is 2.41. The van der Waals surface area contributed by atoms with Crippen LogP contribution in [0.5, 0.6) is 5.75 Å². The zero-order valence-corrected chi connectivity index (χ0v) is 17.6. The molecule has 0 aliphatic heterocycles. The van der Waals surface area contributed by atoms with Crippen LogP contribution in [0.4, 0.5) is 13.2 Å². The van der Waals surface area contributed by atoms with Crippen molar-refractivity contribution in [3.05, 3.63) is 45.2 Å². The standard InChI is InChI=1S/C19H22ClF3N2O2S/c1-5-6-7-12-11-25(18(2,3)19(21,22)23)28-17(12)24-16(26)14-10-13(20)8-9-15(14)27-4/h8-11H,5-7H2,1-4H3. The first-order valence-electron chi connectivity index (χ1n) is 8.73. The summed E-state index contributed by atoms with van der Waals surface area (Å²) in [7, 11) is 1.41. The topological polar surface area (TPSA) is 43.6 Å². The Labute approximate surface area is 170 Å². The lowest BCUT2D eigenvalue weighted by Crippen LogP contribution is -2.40. The summed E-state index contributed by atoms with van der Waals surface area (Å²) in [5, 5.41) is 0.338. The molecular formula is C19H22ClF3N2O2S. The van der Waals surface area contributed by atoms with Crippen LogP contribution in [-0.4, -0.2) is 23.1 Å². The van der Waals surface area contributed by atoms with Gasteiger partial charge in [-0.2, -0.15) is 18.2 Å². The number of carbonyl (C=O) groups excluding carboxylic acids is 1. The largest absolute Gasteiger partial charge is 0.496 e. The van der Waals surface area contributed by atoms with Gasteiger partial charge in [0, 0.05) is 16.8 Å². The van der Waals surface area contributed by atoms with E-state index in [1.165, 1.54) is 19.4 Å². The smallest absolute Gasteiger partial charge is 0.412 e. The molecule has 0 saturated heterocycles. The molecule has 2 rings (SSSR count). The molecule has 154 valence electrons. The molecule has 0 bridgehead atoms. The number of ether oxygens (including phenoxy) is 1. The highest BCUT2D eigenvalue weighted by Gasteiger charge is 2.49. The molecule has 2 aromatic rings. The number of unbranched alkanes of at least 4 members (excludes halogenated alkanes) is 1. The van der Waals surface area contributed by atoms with Gasteiger partial charge in [0.2, 0.25) is 0 Å². The molecule has 1 amide bonds. The first-order valence-corrected chi connectivity index (χ1v) is 9.88. The van der Waals surface area contributed by atoms with Gasteiger partial charge in [-0.05, 0) is 56.4 Å². The first-order chi connectivity index (χ1) is 13.0. The highest BCUT2D eigenvalue weighted by atomic mass is 35.5. The Morgan fingerprint density at radius 2 is 2.00 bits per heavy atom. The summed E-state index contributed by atoms with van der Waals surface area (Å²) in [6.45, 7) is 4.18. The molecule has 9 heteroatoms. The lowest BCUT2D eigenvalue weighted by Gasteiger charge is -2.28. The van der Waals surface area contributed by atoms with Crippen molar-refractivity contribution in [1.29, 1.82) is 0 Å². The van der Waals surface area contributed by atoms with Crippen LogP contribution in [0.15, 0.2) is 29.4 Å². The average molecular weight is 435 g/mol. The second kappa shape index (κ2) is 8.69. The van der Waals surface area contributed by atoms with Gasteiger partial charge in [-0.1, -0.05) is 24.9 Å². The van der Waals surface area contributed by atoms with Gasteiger partial charge in [0.15, 0.2) is 0 Å². The van der Waals surface area contributed by atoms with Crippen LogP contribution >= 0.6 is 23.1 Å². The van der Waals surface area contributed by atoms with Crippen LogP contribution in [0.25, 0.3) is 0 Å². The monoisotopic (exact) mass is 434 g/mol. The minimum atomic E-state index is -4.44. The van der Waals surface area contributed by atoms with Crippen molar-refractivity contribution in [3.8, 4) is 5.75 Å². The third-order valence-electron chi connectivity index (χ3n) is 4.37. The van der Waals surface area contributed by atoms with E-state index in [0.29, 0.717) is 22.8 Å². The molecule has 0 aliphatic carbocycles. The first kappa shape index (κ1) is 22.5. The number of hydrogen-bond acceptors (Lipinski definition) is 3. The van der Waals surface area contributed by atoms with E-state index in [2.05, 4.69) is 4.99 Å². The van der Waals surface area contributed by atoms with Crippen LogP contribution in [0.2, 0.25) is 5.02 Å². The predicted octanol–water partition coefficient (Wildman–Crippen LogP) is 5.59. The zero-order valence-electron chi connectivity index (χ0n) is 16.1. The minimum Gasteiger partial charge on any atom is -0.496 e. The summed E-state index contributed by atoms with van der Waals surface area (Å²) < 4.78 is 46.9. The Morgan fingerprint density at radius 3 is 2.57 bits per heavy atom. The van der Waals surface area contributed by atoms with Gasteiger partial charge in [-0.3, -0.25) is 8.75 Å². The second-order valence-corrected chi connectivity index (χ2v) is 8.20. The number of rotatable bonds is 6. The number of aryl methyl sites for hydroxylation is 1. The fraction of sp³-hybridized carbons (Fsp3) is 0.474. The van der Waals surface area contributed by atoms with Crippen molar-refractivity contribution < 1.29 is 22.7 Å². The Kier molecular flexibility index (Phi) is 6.98. The molecule has 0 aliphatic rings. The van der Waals surface area contributed by atoms with Gasteiger partial charge in [-0.15, -0.1) is 0 Å². The molecule has 1 aromatic heterocycles. The third-order valence-corrected chi connectivity index (χ3v) is 5.89. The van der Waals surface area contributed by atoms with Gasteiger partial charge >= 0.3 is 6.18 Å². The number of aromatic nitrogens is 1. The maximum atomic E-state index is 13.4. The summed E-state index contributed by atoms with van der Waals surface area (Å²) >= 11 is 6.78. The number of amides is 1. The van der Waals surface area contributed by atoms with Crippen LogP contribution in [0.3, 0.4) is 0 Å². The Bertz CT molecular complexity index is 917. The maximum Gasteiger partial charge on any atom is 0.412 e. The van der Waals surface area contributed by atoms with Crippen LogP contribution in [-0.2, 0) is 12.0 Å². The van der Waals surface area contributed by atoms with E-state index in [4.69, 9.17) is 16.3 Å². The quantitative estimate of drug-likeness (QED) is 0.594. The molecule has 1 heterocycles. The average Bonchev–Trinajstić information content (AvgIpc) is 3.02. The van der Waals surface area contributed by atoms with Gasteiger partial charge in [-0.25, -0.2) is 0 Å². The van der Waals surface area contributed by atoms with Gasteiger partial charge in [0.05, 0.1) is 12.7 Å². The highest BCUT2D eigenvalue weighted by Crippen LogP contribution is 2.37. The summed E-state index contributed by atoms with van der Waals surface area (Å²) in [5.74, 6) is -0.316. The van der Waals surface area contributed by atoms with Gasteiger partial charge in [0.1, 0.15) is 16.0 Å². The van der Waals surface area contributed by atoms with Crippen molar-refractivity contribution in [2.75, 3.05) is 7.11 Å². The molecule has 0 fully saturated rings. The molecule has 0 spiro atoms. The van der Waals surface area contributed by atoms with E-state index in [-0.39, 0.29) is 10.2 Å². The van der Waals surface area contributed by atoms with Crippen LogP contribution in [0, 0.1) is 0 Å². The van der Waals surface area contributed by atoms with E-state index in [9.17, 15) is 18.0 Å². The minimum absolute atomic E-state index is 0.159. The van der Waals surface area contributed by atoms with Gasteiger partial charge in [0.25, 0.3) is 5.91 Å². The number of hydrogen-bond donors (Lipinski definition) is 0. The van der Waals surface area contributed by atoms with Crippen molar-refractivity contribution >= 4 is 29.0 Å². The van der Waals surface area contributed by atoms with E-state index in [0.717, 1.165) is 42.2 Å². The van der Waals surface area contributed by atoms with Crippen LogP contribution in [0.1, 0.15) is 49.5 Å². The van der Waals surface area contributed by atoms with E-state index < -0.39 is 17.6 Å². The summed E-state index contributed by atoms with van der Waals surface area (Å²) in [6.07, 6.45) is -0.821. The van der Waals surface area contributed by atoms with E-state index >= 15 is 0 Å². The predicted molar refractivity (Wildman–Crippen MR) is 104 cm³/mol. The molecule has 0 saturated carbocycles. The number of carbonyl (C=O) groups is 1. The molecular weight excluding hydrogens is 413 g/mol. The van der Waals surface area contributed by atoms with Crippen molar-refractivity contribution in [2.24, 2.45) is 4.99 Å². The van der Waals surface area contributed by atoms with Crippen molar-refractivity contribution in [1.82, 2.24) is 3.96 Å².